The molecule has 12 heavy (non-hydrogen) atoms. The number of aliphatic hydroxyl groups is 1. The molecule has 0 heterocycles. The number of carbonyl (C=O) groups excluding carboxylic acids is 1. The van der Waals surface area contributed by atoms with Crippen molar-refractivity contribution in [3.63, 3.8) is 0 Å². The minimum absolute atomic E-state index is 0.116. The zero-order chi connectivity index (χ0) is 9.56. The Kier molecular flexibility index (Phi) is 4.98. The molecule has 70 valence electrons. The van der Waals surface area contributed by atoms with E-state index >= 15 is 0 Å². The summed E-state index contributed by atoms with van der Waals surface area (Å²) in [4.78, 5) is 20.9. The molecule has 0 bridgehead atoms. The van der Waals surface area contributed by atoms with Gasteiger partial charge in [-0.3, -0.25) is 9.59 Å². The molecule has 0 aromatic heterocycles. The van der Waals surface area contributed by atoms with Gasteiger partial charge in [-0.1, -0.05) is 0 Å². The molecule has 0 saturated heterocycles. The molecular weight excluding hydrogens is 164 g/mol. The summed E-state index contributed by atoms with van der Waals surface area (Å²) in [5.41, 5.74) is 5.07. The van der Waals surface area contributed by atoms with Crippen molar-refractivity contribution < 1.29 is 19.8 Å². The van der Waals surface area contributed by atoms with E-state index in [1.54, 1.807) is 0 Å². The first-order valence-electron chi connectivity index (χ1n) is 3.44. The van der Waals surface area contributed by atoms with Crippen molar-refractivity contribution in [2.24, 2.45) is 5.73 Å². The molecule has 0 aromatic carbocycles. The Morgan fingerprint density at radius 3 is 2.50 bits per heavy atom. The van der Waals surface area contributed by atoms with Gasteiger partial charge in [0.1, 0.15) is 6.04 Å². The Balaban J connectivity index is 3.61. The summed E-state index contributed by atoms with van der Waals surface area (Å²) in [5.74, 6) is -1.69. The number of hydrogen-bond donors (Lipinski definition) is 4. The van der Waals surface area contributed by atoms with Gasteiger partial charge in [0.15, 0.2) is 0 Å². The van der Waals surface area contributed by atoms with E-state index in [9.17, 15) is 9.59 Å². The lowest BCUT2D eigenvalue weighted by Crippen LogP contribution is -2.37. The van der Waals surface area contributed by atoms with Crippen molar-refractivity contribution in [1.29, 1.82) is 0 Å². The molecule has 1 atom stereocenters. The SMILES string of the molecule is N[C@@H](CC(=O)NCCO)C(=O)O. The van der Waals surface area contributed by atoms with E-state index in [4.69, 9.17) is 15.9 Å². The van der Waals surface area contributed by atoms with Gasteiger partial charge >= 0.3 is 5.97 Å². The monoisotopic (exact) mass is 176 g/mol. The van der Waals surface area contributed by atoms with E-state index in [1.165, 1.54) is 0 Å². The molecule has 6 nitrogen and oxygen atoms in total. The molecule has 0 aromatic rings. The highest BCUT2D eigenvalue weighted by atomic mass is 16.4. The van der Waals surface area contributed by atoms with Gasteiger partial charge in [0, 0.05) is 6.54 Å². The minimum atomic E-state index is -1.21. The molecule has 0 aliphatic rings. The Labute approximate surface area is 69.4 Å². The van der Waals surface area contributed by atoms with Gasteiger partial charge in [0.2, 0.25) is 5.91 Å². The van der Waals surface area contributed by atoms with Gasteiger partial charge in [-0.15, -0.1) is 0 Å². The number of carbonyl (C=O) groups is 2. The van der Waals surface area contributed by atoms with Crippen LogP contribution in [-0.4, -0.2) is 41.3 Å². The van der Waals surface area contributed by atoms with Crippen LogP contribution in [0.3, 0.4) is 0 Å². The average Bonchev–Trinajstić information content (AvgIpc) is 2.00. The molecular formula is C6H12N2O4. The van der Waals surface area contributed by atoms with E-state index in [2.05, 4.69) is 5.32 Å². The highest BCUT2D eigenvalue weighted by Gasteiger charge is 2.15. The third-order valence-corrected chi connectivity index (χ3v) is 1.16. The Morgan fingerprint density at radius 1 is 1.50 bits per heavy atom. The number of nitrogens with one attached hydrogen (secondary N) is 1. The molecule has 0 aliphatic heterocycles. The van der Waals surface area contributed by atoms with Crippen molar-refractivity contribution in [2.75, 3.05) is 13.2 Å². The predicted molar refractivity (Wildman–Crippen MR) is 40.3 cm³/mol. The fourth-order valence-corrected chi connectivity index (χ4v) is 0.555. The van der Waals surface area contributed by atoms with Crippen molar-refractivity contribution in [3.05, 3.63) is 0 Å². The minimum Gasteiger partial charge on any atom is -0.480 e. The van der Waals surface area contributed by atoms with Crippen LogP contribution in [0, 0.1) is 0 Å². The number of aliphatic carboxylic acids is 1. The maximum atomic E-state index is 10.8. The smallest absolute Gasteiger partial charge is 0.321 e. The van der Waals surface area contributed by atoms with E-state index in [0.29, 0.717) is 0 Å². The molecule has 0 fully saturated rings. The predicted octanol–water partition coefficient (Wildman–Crippen LogP) is -2.10. The van der Waals surface area contributed by atoms with Crippen molar-refractivity contribution in [2.45, 2.75) is 12.5 Å². The Hall–Kier alpha value is -1.14. The largest absolute Gasteiger partial charge is 0.480 e. The lowest BCUT2D eigenvalue weighted by molar-refractivity contribution is -0.140. The normalized spacial score (nSPS) is 12.2. The quantitative estimate of drug-likeness (QED) is 0.383. The molecule has 0 unspecified atom stereocenters. The van der Waals surface area contributed by atoms with Gasteiger partial charge < -0.3 is 21.3 Å². The maximum absolute atomic E-state index is 10.8. The van der Waals surface area contributed by atoms with Gasteiger partial charge in [0.25, 0.3) is 0 Å². The fraction of sp³-hybridized carbons (Fsp3) is 0.667. The second-order valence-corrected chi connectivity index (χ2v) is 2.22. The van der Waals surface area contributed by atoms with E-state index in [-0.39, 0.29) is 19.6 Å². The molecule has 0 saturated carbocycles. The molecule has 5 N–H and O–H groups in total. The molecule has 0 spiro atoms. The van der Waals surface area contributed by atoms with Crippen LogP contribution in [0.1, 0.15) is 6.42 Å². The van der Waals surface area contributed by atoms with Gasteiger partial charge in [-0.2, -0.15) is 0 Å². The Bertz CT molecular complexity index is 171. The summed E-state index contributed by atoms with van der Waals surface area (Å²) in [6.07, 6.45) is -0.269. The summed E-state index contributed by atoms with van der Waals surface area (Å²) < 4.78 is 0. The number of carboxylic acids is 1. The third kappa shape index (κ3) is 4.64. The first kappa shape index (κ1) is 10.9. The fourth-order valence-electron chi connectivity index (χ4n) is 0.555. The second kappa shape index (κ2) is 5.50. The van der Waals surface area contributed by atoms with Crippen LogP contribution >= 0.6 is 0 Å². The van der Waals surface area contributed by atoms with Crippen LogP contribution in [0.15, 0.2) is 0 Å². The first-order chi connectivity index (χ1) is 5.57. The number of carboxylic acid groups (broad SMARTS) is 1. The van der Waals surface area contributed by atoms with Crippen LogP contribution < -0.4 is 11.1 Å². The number of nitrogens with two attached hydrogens (primary N) is 1. The third-order valence-electron chi connectivity index (χ3n) is 1.16. The maximum Gasteiger partial charge on any atom is 0.321 e. The standard InChI is InChI=1S/C6H12N2O4/c7-4(6(11)12)3-5(10)8-1-2-9/h4,9H,1-3,7H2,(H,8,10)(H,11,12)/t4-/m0/s1. The van der Waals surface area contributed by atoms with Gasteiger partial charge in [0.05, 0.1) is 13.0 Å². The molecule has 6 heteroatoms. The number of rotatable bonds is 5. The van der Waals surface area contributed by atoms with Crippen molar-refractivity contribution in [3.8, 4) is 0 Å². The van der Waals surface area contributed by atoms with Crippen LogP contribution in [0.2, 0.25) is 0 Å². The number of hydrogen-bond acceptors (Lipinski definition) is 4. The number of amides is 1. The van der Waals surface area contributed by atoms with Crippen LogP contribution in [0.25, 0.3) is 0 Å². The van der Waals surface area contributed by atoms with Crippen LogP contribution in [-0.2, 0) is 9.59 Å². The summed E-state index contributed by atoms with van der Waals surface area (Å²) in [6.45, 7) is -0.0563. The van der Waals surface area contributed by atoms with Gasteiger partial charge in [-0.25, -0.2) is 0 Å². The zero-order valence-corrected chi connectivity index (χ0v) is 6.49. The first-order valence-corrected chi connectivity index (χ1v) is 3.44. The molecule has 0 aliphatic carbocycles. The van der Waals surface area contributed by atoms with Crippen molar-refractivity contribution in [1.82, 2.24) is 5.32 Å². The Morgan fingerprint density at radius 2 is 2.08 bits per heavy atom. The highest BCUT2D eigenvalue weighted by Crippen LogP contribution is 1.87. The molecule has 1 amide bonds. The van der Waals surface area contributed by atoms with E-state index in [1.807, 2.05) is 0 Å². The molecule has 0 radical (unpaired) electrons. The van der Waals surface area contributed by atoms with E-state index < -0.39 is 17.9 Å². The summed E-state index contributed by atoms with van der Waals surface area (Å²) in [7, 11) is 0. The highest BCUT2D eigenvalue weighted by molar-refractivity contribution is 5.84. The zero-order valence-electron chi connectivity index (χ0n) is 6.49. The molecule has 0 rings (SSSR count). The van der Waals surface area contributed by atoms with Crippen LogP contribution in [0.4, 0.5) is 0 Å². The van der Waals surface area contributed by atoms with Gasteiger partial charge in [-0.05, 0) is 0 Å². The summed E-state index contributed by atoms with van der Waals surface area (Å²) in [5, 5.41) is 18.9. The second-order valence-electron chi connectivity index (χ2n) is 2.22. The van der Waals surface area contributed by atoms with Crippen molar-refractivity contribution >= 4 is 11.9 Å². The summed E-state index contributed by atoms with van der Waals surface area (Å²) in [6, 6.07) is -1.18. The van der Waals surface area contributed by atoms with Crippen LogP contribution in [0.5, 0.6) is 0 Å². The lowest BCUT2D eigenvalue weighted by Gasteiger charge is -2.05. The summed E-state index contributed by atoms with van der Waals surface area (Å²) >= 11 is 0. The van der Waals surface area contributed by atoms with E-state index in [0.717, 1.165) is 0 Å². The number of aliphatic hydroxyl groups excluding tert-OH is 1. The topological polar surface area (TPSA) is 113 Å². The lowest BCUT2D eigenvalue weighted by atomic mass is 10.2. The average molecular weight is 176 g/mol.